The van der Waals surface area contributed by atoms with Crippen LogP contribution in [0.1, 0.15) is 61.4 Å². The van der Waals surface area contributed by atoms with Gasteiger partial charge in [-0.05, 0) is 50.5 Å². The molecule has 2 aromatic heterocycles. The van der Waals surface area contributed by atoms with Crippen molar-refractivity contribution in [3.63, 3.8) is 0 Å². The summed E-state index contributed by atoms with van der Waals surface area (Å²) in [6, 6.07) is 0.312. The average Bonchev–Trinajstić information content (AvgIpc) is 3.34. The van der Waals surface area contributed by atoms with Gasteiger partial charge in [0.25, 0.3) is 5.56 Å². The fraction of sp³-hybridized carbons (Fsp3) is 0.700. The van der Waals surface area contributed by atoms with Crippen LogP contribution < -0.4 is 5.56 Å². The molecule has 3 heterocycles. The van der Waals surface area contributed by atoms with Gasteiger partial charge in [0.1, 0.15) is 11.6 Å². The molecule has 146 valence electrons. The highest BCUT2D eigenvalue weighted by molar-refractivity contribution is 7.99. The molecule has 1 saturated carbocycles. The Labute approximate surface area is 167 Å². The van der Waals surface area contributed by atoms with Crippen LogP contribution in [0, 0.1) is 0 Å². The van der Waals surface area contributed by atoms with Crippen molar-refractivity contribution in [3.8, 4) is 0 Å². The summed E-state index contributed by atoms with van der Waals surface area (Å²) in [4.78, 5) is 21.0. The first-order valence-corrected chi connectivity index (χ1v) is 12.0. The number of nitrogens with zero attached hydrogens (tertiary/aromatic N) is 2. The lowest BCUT2D eigenvalue weighted by Gasteiger charge is -2.23. The monoisotopic (exact) mass is 406 g/mol. The maximum atomic E-state index is 13.6. The zero-order valence-electron chi connectivity index (χ0n) is 15.6. The van der Waals surface area contributed by atoms with E-state index in [1.54, 1.807) is 23.1 Å². The smallest absolute Gasteiger partial charge is 0.263 e. The number of rotatable bonds is 4. The van der Waals surface area contributed by atoms with Crippen molar-refractivity contribution in [2.75, 3.05) is 19.2 Å². The zero-order chi connectivity index (χ0) is 18.2. The van der Waals surface area contributed by atoms with Crippen LogP contribution in [0.25, 0.3) is 10.2 Å². The predicted octanol–water partition coefficient (Wildman–Crippen LogP) is 4.31. The topological polar surface area (TPSA) is 53.4 Å². The van der Waals surface area contributed by atoms with Gasteiger partial charge in [-0.15, -0.1) is 11.3 Å². The summed E-state index contributed by atoms with van der Waals surface area (Å²) in [5.74, 6) is 0.832. The molecule has 5 nitrogen and oxygen atoms in total. The molecule has 0 spiro atoms. The molecule has 1 aliphatic heterocycles. The number of ether oxygens (including phenoxy) is 2. The van der Waals surface area contributed by atoms with Gasteiger partial charge in [0, 0.05) is 16.7 Å². The molecule has 2 aromatic rings. The van der Waals surface area contributed by atoms with Gasteiger partial charge in [-0.25, -0.2) is 4.98 Å². The van der Waals surface area contributed by atoms with Crippen molar-refractivity contribution in [2.24, 2.45) is 0 Å². The Hall–Kier alpha value is -0.890. The largest absolute Gasteiger partial charge is 0.355 e. The Morgan fingerprint density at radius 3 is 2.81 bits per heavy atom. The van der Waals surface area contributed by atoms with Gasteiger partial charge in [-0.3, -0.25) is 9.36 Å². The maximum Gasteiger partial charge on any atom is 0.263 e. The standard InChI is InChI=1S/C20H26N2O3S2/c23-19-17-15-7-3-4-8-16(15)27-18(17)21-20(22(19)13-5-1-2-6-13)26-11-14-9-10-24-12-25-14/h13-14H,1-12H2/t14-/m1/s1. The number of thioether (sulfide) groups is 1. The number of hydrogen-bond donors (Lipinski definition) is 0. The summed E-state index contributed by atoms with van der Waals surface area (Å²) in [5, 5.41) is 1.82. The van der Waals surface area contributed by atoms with Crippen LogP contribution in [-0.4, -0.2) is 34.8 Å². The van der Waals surface area contributed by atoms with Crippen LogP contribution in [-0.2, 0) is 22.3 Å². The zero-order valence-corrected chi connectivity index (χ0v) is 17.2. The molecule has 27 heavy (non-hydrogen) atoms. The molecule has 5 rings (SSSR count). The third-order valence-corrected chi connectivity index (χ3v) is 8.32. The average molecular weight is 407 g/mol. The van der Waals surface area contributed by atoms with E-state index < -0.39 is 0 Å². The van der Waals surface area contributed by atoms with Gasteiger partial charge in [0.15, 0.2) is 5.16 Å². The van der Waals surface area contributed by atoms with Crippen molar-refractivity contribution in [2.45, 2.75) is 75.1 Å². The molecule has 0 unspecified atom stereocenters. The van der Waals surface area contributed by atoms with Crippen LogP contribution in [0.15, 0.2) is 9.95 Å². The molecule has 7 heteroatoms. The molecule has 0 amide bonds. The van der Waals surface area contributed by atoms with E-state index in [2.05, 4.69) is 0 Å². The van der Waals surface area contributed by atoms with E-state index in [1.165, 1.54) is 36.1 Å². The van der Waals surface area contributed by atoms with Gasteiger partial charge in [0.05, 0.1) is 18.1 Å². The highest BCUT2D eigenvalue weighted by Crippen LogP contribution is 2.37. The molecular weight excluding hydrogens is 380 g/mol. The Bertz CT molecular complexity index is 879. The molecule has 1 saturated heterocycles. The molecule has 0 N–H and O–H groups in total. The van der Waals surface area contributed by atoms with Crippen molar-refractivity contribution in [3.05, 3.63) is 20.8 Å². The first-order valence-electron chi connectivity index (χ1n) is 10.2. The minimum Gasteiger partial charge on any atom is -0.355 e. The number of hydrogen-bond acceptors (Lipinski definition) is 6. The summed E-state index contributed by atoms with van der Waals surface area (Å²) < 4.78 is 13.0. The van der Waals surface area contributed by atoms with Crippen LogP contribution in [0.3, 0.4) is 0 Å². The quantitative estimate of drug-likeness (QED) is 0.559. The Kier molecular flexibility index (Phi) is 5.28. The third-order valence-electron chi connectivity index (χ3n) is 6.05. The fourth-order valence-corrected chi connectivity index (χ4v) is 7.02. The molecular formula is C20H26N2O3S2. The van der Waals surface area contributed by atoms with E-state index in [4.69, 9.17) is 14.5 Å². The lowest BCUT2D eigenvalue weighted by atomic mass is 9.97. The minimum atomic E-state index is 0.185. The van der Waals surface area contributed by atoms with Gasteiger partial charge >= 0.3 is 0 Å². The first-order chi connectivity index (χ1) is 13.3. The maximum absolute atomic E-state index is 13.6. The highest BCUT2D eigenvalue weighted by Gasteiger charge is 2.27. The summed E-state index contributed by atoms with van der Waals surface area (Å²) >= 11 is 3.45. The van der Waals surface area contributed by atoms with E-state index in [-0.39, 0.29) is 11.7 Å². The molecule has 0 bridgehead atoms. The van der Waals surface area contributed by atoms with Crippen molar-refractivity contribution in [1.29, 1.82) is 0 Å². The van der Waals surface area contributed by atoms with Crippen LogP contribution in [0.5, 0.6) is 0 Å². The van der Waals surface area contributed by atoms with E-state index in [1.807, 2.05) is 4.57 Å². The summed E-state index contributed by atoms with van der Waals surface area (Å²) in [6.07, 6.45) is 10.3. The SMILES string of the molecule is O=c1c2c3c(sc2nc(SC[C@H]2CCOCO2)n1C1CCCC1)CCCC3. The lowest BCUT2D eigenvalue weighted by molar-refractivity contribution is -0.130. The van der Waals surface area contributed by atoms with Crippen molar-refractivity contribution < 1.29 is 9.47 Å². The summed E-state index contributed by atoms with van der Waals surface area (Å²) in [5.41, 5.74) is 1.51. The van der Waals surface area contributed by atoms with Crippen LogP contribution in [0.4, 0.5) is 0 Å². The van der Waals surface area contributed by atoms with Gasteiger partial charge < -0.3 is 9.47 Å². The van der Waals surface area contributed by atoms with E-state index in [0.717, 1.165) is 59.8 Å². The van der Waals surface area contributed by atoms with E-state index in [0.29, 0.717) is 12.8 Å². The van der Waals surface area contributed by atoms with Gasteiger partial charge in [-0.1, -0.05) is 24.6 Å². The van der Waals surface area contributed by atoms with Crippen molar-refractivity contribution in [1.82, 2.24) is 9.55 Å². The van der Waals surface area contributed by atoms with Crippen LogP contribution >= 0.6 is 23.1 Å². The number of fused-ring (bicyclic) bond motifs is 3. The molecule has 1 atom stereocenters. The van der Waals surface area contributed by atoms with Gasteiger partial charge in [0.2, 0.25) is 0 Å². The molecule has 2 aliphatic carbocycles. The lowest BCUT2D eigenvalue weighted by Crippen LogP contribution is -2.29. The van der Waals surface area contributed by atoms with E-state index in [9.17, 15) is 4.79 Å². The Morgan fingerprint density at radius 1 is 1.15 bits per heavy atom. The third kappa shape index (κ3) is 3.48. The second kappa shape index (κ2) is 7.85. The van der Waals surface area contributed by atoms with Crippen molar-refractivity contribution >= 4 is 33.3 Å². The molecule has 0 radical (unpaired) electrons. The number of aryl methyl sites for hydroxylation is 2. The second-order valence-corrected chi connectivity index (χ2v) is 9.88. The number of thiophene rings is 1. The Morgan fingerprint density at radius 2 is 2.00 bits per heavy atom. The van der Waals surface area contributed by atoms with E-state index >= 15 is 0 Å². The summed E-state index contributed by atoms with van der Waals surface area (Å²) in [7, 11) is 0. The highest BCUT2D eigenvalue weighted by atomic mass is 32.2. The fourth-order valence-electron chi connectivity index (χ4n) is 4.59. The molecule has 0 aromatic carbocycles. The molecule has 3 aliphatic rings. The molecule has 2 fully saturated rings. The van der Waals surface area contributed by atoms with Gasteiger partial charge in [-0.2, -0.15) is 0 Å². The minimum absolute atomic E-state index is 0.185. The first kappa shape index (κ1) is 18.2. The summed E-state index contributed by atoms with van der Waals surface area (Å²) in [6.45, 7) is 1.13. The second-order valence-electron chi connectivity index (χ2n) is 7.81. The number of aromatic nitrogens is 2. The Balaban J connectivity index is 1.55. The normalized spacial score (nSPS) is 23.8. The predicted molar refractivity (Wildman–Crippen MR) is 109 cm³/mol. The van der Waals surface area contributed by atoms with Crippen LogP contribution in [0.2, 0.25) is 0 Å².